The van der Waals surface area contributed by atoms with Crippen LogP contribution in [0.4, 0.5) is 0 Å². The molecule has 2 aromatic heterocycles. The molecule has 0 saturated carbocycles. The maximum atomic E-state index is 11.7. The zero-order chi connectivity index (χ0) is 16.4. The molecule has 1 aliphatic heterocycles. The molecule has 3 aromatic rings. The number of ether oxygens (including phenoxy) is 1. The van der Waals surface area contributed by atoms with Crippen molar-refractivity contribution in [2.24, 2.45) is 0 Å². The van der Waals surface area contributed by atoms with Crippen LogP contribution in [0.2, 0.25) is 0 Å². The lowest BCUT2D eigenvalue weighted by molar-refractivity contribution is 0.0930. The fraction of sp³-hybridized carbons (Fsp3) is 0.316. The Labute approximate surface area is 139 Å². The minimum absolute atomic E-state index is 0.0646. The van der Waals surface area contributed by atoms with Gasteiger partial charge in [-0.1, -0.05) is 0 Å². The van der Waals surface area contributed by atoms with Crippen molar-refractivity contribution >= 4 is 10.8 Å². The Morgan fingerprint density at radius 3 is 2.88 bits per heavy atom. The van der Waals surface area contributed by atoms with E-state index in [4.69, 9.17) is 9.15 Å². The summed E-state index contributed by atoms with van der Waals surface area (Å²) in [6, 6.07) is 11.5. The third kappa shape index (κ3) is 3.21. The number of H-pyrrole nitrogens is 1. The highest BCUT2D eigenvalue weighted by Gasteiger charge is 2.21. The van der Waals surface area contributed by atoms with Gasteiger partial charge in [0.15, 0.2) is 0 Å². The smallest absolute Gasteiger partial charge is 0.255 e. The largest absolute Gasteiger partial charge is 0.490 e. The Morgan fingerprint density at radius 2 is 2.08 bits per heavy atom. The van der Waals surface area contributed by atoms with Crippen molar-refractivity contribution in [3.05, 3.63) is 65.0 Å². The number of nitrogens with zero attached hydrogens (tertiary/aromatic N) is 1. The second-order valence-corrected chi connectivity index (χ2v) is 6.23. The summed E-state index contributed by atoms with van der Waals surface area (Å²) in [6.45, 7) is 2.86. The van der Waals surface area contributed by atoms with E-state index in [1.165, 1.54) is 0 Å². The number of nitrogens with one attached hydrogen (secondary N) is 1. The van der Waals surface area contributed by atoms with Crippen molar-refractivity contribution in [1.82, 2.24) is 9.88 Å². The van der Waals surface area contributed by atoms with Crippen LogP contribution in [0.25, 0.3) is 10.8 Å². The fourth-order valence-electron chi connectivity index (χ4n) is 3.24. The molecule has 5 heteroatoms. The first-order valence-electron chi connectivity index (χ1n) is 8.31. The molecule has 1 N–H and O–H groups in total. The molecule has 1 aliphatic rings. The number of piperidine rings is 1. The van der Waals surface area contributed by atoms with Crippen LogP contribution in [-0.2, 0) is 6.54 Å². The molecule has 0 aliphatic carbocycles. The van der Waals surface area contributed by atoms with E-state index < -0.39 is 0 Å². The summed E-state index contributed by atoms with van der Waals surface area (Å²) in [7, 11) is 0. The molecule has 1 aromatic carbocycles. The molecule has 3 heterocycles. The van der Waals surface area contributed by atoms with Crippen molar-refractivity contribution in [2.45, 2.75) is 25.5 Å². The van der Waals surface area contributed by atoms with E-state index in [-0.39, 0.29) is 11.7 Å². The summed E-state index contributed by atoms with van der Waals surface area (Å²) >= 11 is 0. The van der Waals surface area contributed by atoms with E-state index in [0.717, 1.165) is 49.4 Å². The van der Waals surface area contributed by atoms with E-state index in [2.05, 4.69) is 9.88 Å². The number of furan rings is 1. The predicted octanol–water partition coefficient (Wildman–Crippen LogP) is 3.16. The highest BCUT2D eigenvalue weighted by atomic mass is 16.5. The van der Waals surface area contributed by atoms with Gasteiger partial charge in [-0.25, -0.2) is 0 Å². The first-order chi connectivity index (χ1) is 11.8. The van der Waals surface area contributed by atoms with Crippen LogP contribution in [-0.4, -0.2) is 29.1 Å². The third-order valence-electron chi connectivity index (χ3n) is 4.54. The van der Waals surface area contributed by atoms with E-state index in [1.54, 1.807) is 12.5 Å². The Bertz CT molecular complexity index is 862. The van der Waals surface area contributed by atoms with Gasteiger partial charge in [-0.3, -0.25) is 9.69 Å². The van der Waals surface area contributed by atoms with Crippen molar-refractivity contribution in [3.63, 3.8) is 0 Å². The maximum Gasteiger partial charge on any atom is 0.255 e. The molecule has 4 rings (SSSR count). The van der Waals surface area contributed by atoms with Crippen LogP contribution in [0.15, 0.2) is 58.1 Å². The molecule has 0 amide bonds. The van der Waals surface area contributed by atoms with Gasteiger partial charge in [-0.05, 0) is 54.6 Å². The van der Waals surface area contributed by atoms with E-state index in [1.807, 2.05) is 36.4 Å². The van der Waals surface area contributed by atoms with Crippen molar-refractivity contribution in [1.29, 1.82) is 0 Å². The molecular formula is C19H20N2O3. The number of hydrogen-bond acceptors (Lipinski definition) is 4. The Balaban J connectivity index is 1.37. The molecule has 0 unspecified atom stereocenters. The first kappa shape index (κ1) is 15.0. The lowest BCUT2D eigenvalue weighted by Crippen LogP contribution is -2.37. The normalized spacial score (nSPS) is 16.5. The Morgan fingerprint density at radius 1 is 1.21 bits per heavy atom. The highest BCUT2D eigenvalue weighted by molar-refractivity contribution is 5.82. The van der Waals surface area contributed by atoms with Gasteiger partial charge in [-0.15, -0.1) is 0 Å². The van der Waals surface area contributed by atoms with Gasteiger partial charge in [0, 0.05) is 24.7 Å². The number of fused-ring (bicyclic) bond motifs is 1. The number of aromatic nitrogens is 1. The summed E-state index contributed by atoms with van der Waals surface area (Å²) in [6.07, 6.45) is 5.59. The Hall–Kier alpha value is -2.53. The van der Waals surface area contributed by atoms with Crippen LogP contribution in [0.1, 0.15) is 18.6 Å². The minimum Gasteiger partial charge on any atom is -0.490 e. The lowest BCUT2D eigenvalue weighted by Gasteiger charge is -2.31. The average molecular weight is 324 g/mol. The quantitative estimate of drug-likeness (QED) is 0.801. The maximum absolute atomic E-state index is 11.7. The van der Waals surface area contributed by atoms with Gasteiger partial charge in [0.25, 0.3) is 5.56 Å². The molecule has 0 spiro atoms. The summed E-state index contributed by atoms with van der Waals surface area (Å²) < 4.78 is 11.5. The van der Waals surface area contributed by atoms with Crippen molar-refractivity contribution in [2.75, 3.05) is 13.1 Å². The van der Waals surface area contributed by atoms with Crippen LogP contribution >= 0.6 is 0 Å². The van der Waals surface area contributed by atoms with Gasteiger partial charge in [0.2, 0.25) is 0 Å². The fourth-order valence-corrected chi connectivity index (χ4v) is 3.24. The van der Waals surface area contributed by atoms with Crippen LogP contribution < -0.4 is 10.3 Å². The summed E-state index contributed by atoms with van der Waals surface area (Å²) in [5, 5.41) is 1.60. The van der Waals surface area contributed by atoms with E-state index in [0.29, 0.717) is 5.39 Å². The van der Waals surface area contributed by atoms with Gasteiger partial charge < -0.3 is 14.1 Å². The molecule has 5 nitrogen and oxygen atoms in total. The standard InChI is InChI=1S/C19H20N2O3/c22-19-18-4-3-16(12-14(18)5-8-20-19)24-15-6-9-21(10-7-15)13-17-2-1-11-23-17/h1-5,8,11-12,15H,6-7,9-10,13H2,(H,20,22). The highest BCUT2D eigenvalue weighted by Crippen LogP contribution is 2.23. The number of hydrogen-bond donors (Lipinski definition) is 1. The first-order valence-corrected chi connectivity index (χ1v) is 8.31. The molecule has 0 bridgehead atoms. The molecule has 0 radical (unpaired) electrons. The SMILES string of the molecule is O=c1[nH]ccc2cc(OC3CCN(Cc4ccco4)CC3)ccc12. The number of rotatable bonds is 4. The zero-order valence-electron chi connectivity index (χ0n) is 13.4. The summed E-state index contributed by atoms with van der Waals surface area (Å²) in [5.41, 5.74) is -0.0646. The summed E-state index contributed by atoms with van der Waals surface area (Å²) in [4.78, 5) is 16.8. The predicted molar refractivity (Wildman–Crippen MR) is 92.2 cm³/mol. The second-order valence-electron chi connectivity index (χ2n) is 6.23. The topological polar surface area (TPSA) is 58.5 Å². The number of likely N-dealkylation sites (tertiary alicyclic amines) is 1. The van der Waals surface area contributed by atoms with Crippen LogP contribution in [0, 0.1) is 0 Å². The van der Waals surface area contributed by atoms with E-state index >= 15 is 0 Å². The number of aromatic amines is 1. The average Bonchev–Trinajstić information content (AvgIpc) is 3.10. The van der Waals surface area contributed by atoms with Crippen LogP contribution in [0.3, 0.4) is 0 Å². The molecule has 124 valence electrons. The van der Waals surface area contributed by atoms with Gasteiger partial charge in [0.1, 0.15) is 17.6 Å². The molecule has 1 fully saturated rings. The van der Waals surface area contributed by atoms with Crippen molar-refractivity contribution < 1.29 is 9.15 Å². The van der Waals surface area contributed by atoms with E-state index in [9.17, 15) is 4.79 Å². The van der Waals surface area contributed by atoms with Crippen LogP contribution in [0.5, 0.6) is 5.75 Å². The Kier molecular flexibility index (Phi) is 4.09. The van der Waals surface area contributed by atoms with Gasteiger partial charge in [-0.2, -0.15) is 0 Å². The monoisotopic (exact) mass is 324 g/mol. The van der Waals surface area contributed by atoms with Gasteiger partial charge in [0.05, 0.1) is 12.8 Å². The lowest BCUT2D eigenvalue weighted by atomic mass is 10.1. The van der Waals surface area contributed by atoms with Gasteiger partial charge >= 0.3 is 0 Å². The molecule has 24 heavy (non-hydrogen) atoms. The zero-order valence-corrected chi connectivity index (χ0v) is 13.4. The number of pyridine rings is 1. The van der Waals surface area contributed by atoms with Crippen molar-refractivity contribution in [3.8, 4) is 5.75 Å². The number of benzene rings is 1. The summed E-state index contributed by atoms with van der Waals surface area (Å²) in [5.74, 6) is 1.84. The molecule has 1 saturated heterocycles. The molecule has 0 atom stereocenters. The second kappa shape index (κ2) is 6.53. The minimum atomic E-state index is -0.0646. The molecular weight excluding hydrogens is 304 g/mol. The third-order valence-corrected chi connectivity index (χ3v) is 4.54.